The van der Waals surface area contributed by atoms with Crippen molar-refractivity contribution < 1.29 is 4.79 Å². The maximum absolute atomic E-state index is 12.9. The second-order valence-corrected chi connectivity index (χ2v) is 7.68. The summed E-state index contributed by atoms with van der Waals surface area (Å²) in [5, 5.41) is 7.99. The Morgan fingerprint density at radius 3 is 2.70 bits per heavy atom. The number of hydrogen-bond donors (Lipinski definition) is 1. The average molecular weight is 367 g/mol. The lowest BCUT2D eigenvalue weighted by molar-refractivity contribution is 0.0739. The lowest BCUT2D eigenvalue weighted by atomic mass is 10.1. The number of aromatic nitrogens is 2. The van der Waals surface area contributed by atoms with Gasteiger partial charge in [-0.2, -0.15) is 5.10 Å². The number of benzene rings is 1. The van der Waals surface area contributed by atoms with Crippen LogP contribution in [0.4, 0.5) is 5.69 Å². The summed E-state index contributed by atoms with van der Waals surface area (Å²) in [6, 6.07) is 8.67. The van der Waals surface area contributed by atoms with Crippen LogP contribution in [-0.2, 0) is 0 Å². The second-order valence-electron chi connectivity index (χ2n) is 7.68. The Kier molecular flexibility index (Phi) is 5.16. The van der Waals surface area contributed by atoms with Crippen molar-refractivity contribution in [3.05, 3.63) is 47.3 Å². The van der Waals surface area contributed by atoms with Gasteiger partial charge >= 0.3 is 0 Å². The minimum atomic E-state index is 0.0538. The predicted octanol–water partition coefficient (Wildman–Crippen LogP) is 2.39. The second kappa shape index (κ2) is 7.72. The first-order valence-corrected chi connectivity index (χ1v) is 10.00. The van der Waals surface area contributed by atoms with Crippen LogP contribution in [0.25, 0.3) is 0 Å². The van der Waals surface area contributed by atoms with Crippen LogP contribution in [0.2, 0.25) is 0 Å². The molecular weight excluding hydrogens is 338 g/mol. The van der Waals surface area contributed by atoms with Crippen LogP contribution in [0.3, 0.4) is 0 Å². The third-order valence-electron chi connectivity index (χ3n) is 5.96. The Labute approximate surface area is 161 Å². The number of hydrogen-bond acceptors (Lipinski definition) is 4. The van der Waals surface area contributed by atoms with Crippen LogP contribution in [0, 0.1) is 13.8 Å². The van der Waals surface area contributed by atoms with Gasteiger partial charge in [0, 0.05) is 44.6 Å². The van der Waals surface area contributed by atoms with Gasteiger partial charge < -0.3 is 15.1 Å². The summed E-state index contributed by atoms with van der Waals surface area (Å²) in [6.45, 7) is 9.55. The molecule has 4 rings (SSSR count). The van der Waals surface area contributed by atoms with E-state index in [0.717, 1.165) is 52.1 Å². The summed E-state index contributed by atoms with van der Waals surface area (Å²) in [5.74, 6) is 0.0538. The molecule has 2 saturated heterocycles. The van der Waals surface area contributed by atoms with Gasteiger partial charge in [0.15, 0.2) is 0 Å². The molecule has 0 bridgehead atoms. The minimum Gasteiger partial charge on any atom is -0.368 e. The van der Waals surface area contributed by atoms with Gasteiger partial charge in [-0.05, 0) is 56.5 Å². The molecule has 0 spiro atoms. The van der Waals surface area contributed by atoms with Crippen molar-refractivity contribution in [3.8, 4) is 0 Å². The molecule has 1 amide bonds. The van der Waals surface area contributed by atoms with E-state index >= 15 is 0 Å². The first kappa shape index (κ1) is 18.0. The smallest absolute Gasteiger partial charge is 0.274 e. The van der Waals surface area contributed by atoms with Gasteiger partial charge in [-0.15, -0.1) is 0 Å². The molecule has 3 heterocycles. The standard InChI is InChI=1S/C21H29N5O/c1-16-5-3-7-20(17(16)2)24-11-13-25(14-12-24)21(27)19-8-10-26(23-19)18-6-4-9-22-15-18/h3,5,7-8,10,18,22H,4,6,9,11-15H2,1-2H3. The van der Waals surface area contributed by atoms with E-state index in [9.17, 15) is 4.79 Å². The average Bonchev–Trinajstić information content (AvgIpc) is 3.21. The van der Waals surface area contributed by atoms with Crippen molar-refractivity contribution in [1.82, 2.24) is 20.0 Å². The lowest BCUT2D eigenvalue weighted by Crippen LogP contribution is -2.49. The highest BCUT2D eigenvalue weighted by Crippen LogP contribution is 2.24. The third-order valence-corrected chi connectivity index (χ3v) is 5.96. The maximum Gasteiger partial charge on any atom is 0.274 e. The number of piperidine rings is 1. The fourth-order valence-electron chi connectivity index (χ4n) is 4.11. The SMILES string of the molecule is Cc1cccc(N2CCN(C(=O)c3ccn(C4CCCNC4)n3)CC2)c1C. The zero-order valence-corrected chi connectivity index (χ0v) is 16.3. The fourth-order valence-corrected chi connectivity index (χ4v) is 4.11. The topological polar surface area (TPSA) is 53.4 Å². The van der Waals surface area contributed by atoms with Crippen molar-refractivity contribution in [3.63, 3.8) is 0 Å². The Hall–Kier alpha value is -2.34. The first-order valence-electron chi connectivity index (χ1n) is 10.00. The molecule has 6 nitrogen and oxygen atoms in total. The number of carbonyl (C=O) groups excluding carboxylic acids is 1. The highest BCUT2D eigenvalue weighted by Gasteiger charge is 2.25. The molecule has 2 aliphatic rings. The summed E-state index contributed by atoms with van der Waals surface area (Å²) in [5.41, 5.74) is 4.50. The Morgan fingerprint density at radius 1 is 1.15 bits per heavy atom. The Morgan fingerprint density at radius 2 is 1.96 bits per heavy atom. The molecule has 0 radical (unpaired) electrons. The van der Waals surface area contributed by atoms with E-state index in [2.05, 4.69) is 47.4 Å². The number of amides is 1. The third kappa shape index (κ3) is 3.72. The van der Waals surface area contributed by atoms with Gasteiger partial charge in [0.1, 0.15) is 5.69 Å². The largest absolute Gasteiger partial charge is 0.368 e. The van der Waals surface area contributed by atoms with Gasteiger partial charge in [-0.3, -0.25) is 9.48 Å². The minimum absolute atomic E-state index is 0.0538. The molecule has 1 atom stereocenters. The number of anilines is 1. The number of rotatable bonds is 3. The molecule has 1 N–H and O–H groups in total. The van der Waals surface area contributed by atoms with Gasteiger partial charge in [-0.25, -0.2) is 0 Å². The van der Waals surface area contributed by atoms with Crippen molar-refractivity contribution >= 4 is 11.6 Å². The van der Waals surface area contributed by atoms with Crippen molar-refractivity contribution in [2.45, 2.75) is 32.7 Å². The number of aryl methyl sites for hydroxylation is 1. The molecule has 0 saturated carbocycles. The molecule has 1 aromatic carbocycles. The summed E-state index contributed by atoms with van der Waals surface area (Å²) in [4.78, 5) is 17.2. The molecule has 0 aliphatic carbocycles. The van der Waals surface area contributed by atoms with E-state index in [4.69, 9.17) is 0 Å². The van der Waals surface area contributed by atoms with Gasteiger partial charge in [-0.1, -0.05) is 12.1 Å². The van der Waals surface area contributed by atoms with Crippen LogP contribution in [0.1, 0.15) is 40.5 Å². The van der Waals surface area contributed by atoms with Crippen LogP contribution >= 0.6 is 0 Å². The zero-order valence-electron chi connectivity index (χ0n) is 16.3. The molecule has 2 fully saturated rings. The summed E-state index contributed by atoms with van der Waals surface area (Å²) in [7, 11) is 0. The molecular formula is C21H29N5O. The Balaban J connectivity index is 1.39. The number of nitrogens with zero attached hydrogens (tertiary/aromatic N) is 4. The quantitative estimate of drug-likeness (QED) is 0.905. The van der Waals surface area contributed by atoms with E-state index < -0.39 is 0 Å². The number of piperazine rings is 1. The molecule has 144 valence electrons. The normalized spacial score (nSPS) is 20.7. The molecule has 1 unspecified atom stereocenters. The summed E-state index contributed by atoms with van der Waals surface area (Å²) in [6.07, 6.45) is 4.24. The molecule has 2 aliphatic heterocycles. The highest BCUT2D eigenvalue weighted by molar-refractivity contribution is 5.92. The van der Waals surface area contributed by atoms with Crippen LogP contribution in [0.15, 0.2) is 30.5 Å². The molecule has 2 aromatic rings. The van der Waals surface area contributed by atoms with Gasteiger partial charge in [0.2, 0.25) is 0 Å². The van der Waals surface area contributed by atoms with Crippen molar-refractivity contribution in [2.75, 3.05) is 44.2 Å². The zero-order chi connectivity index (χ0) is 18.8. The van der Waals surface area contributed by atoms with Crippen molar-refractivity contribution in [1.29, 1.82) is 0 Å². The van der Waals surface area contributed by atoms with E-state index in [0.29, 0.717) is 11.7 Å². The molecule has 6 heteroatoms. The van der Waals surface area contributed by atoms with E-state index in [1.807, 2.05) is 21.8 Å². The van der Waals surface area contributed by atoms with Crippen LogP contribution in [-0.4, -0.2) is 59.9 Å². The van der Waals surface area contributed by atoms with Crippen molar-refractivity contribution in [2.24, 2.45) is 0 Å². The number of carbonyl (C=O) groups is 1. The van der Waals surface area contributed by atoms with E-state index in [-0.39, 0.29) is 5.91 Å². The summed E-state index contributed by atoms with van der Waals surface area (Å²) >= 11 is 0. The van der Waals surface area contributed by atoms with E-state index in [1.54, 1.807) is 0 Å². The lowest BCUT2D eigenvalue weighted by Gasteiger charge is -2.36. The van der Waals surface area contributed by atoms with Gasteiger partial charge in [0.25, 0.3) is 5.91 Å². The molecule has 1 aromatic heterocycles. The predicted molar refractivity (Wildman–Crippen MR) is 107 cm³/mol. The van der Waals surface area contributed by atoms with E-state index in [1.165, 1.54) is 16.8 Å². The summed E-state index contributed by atoms with van der Waals surface area (Å²) < 4.78 is 1.96. The first-order chi connectivity index (χ1) is 13.1. The maximum atomic E-state index is 12.9. The fraction of sp³-hybridized carbons (Fsp3) is 0.524. The molecule has 27 heavy (non-hydrogen) atoms. The monoisotopic (exact) mass is 367 g/mol. The van der Waals surface area contributed by atoms with Gasteiger partial charge in [0.05, 0.1) is 6.04 Å². The van der Waals surface area contributed by atoms with Crippen LogP contribution < -0.4 is 10.2 Å². The number of nitrogens with one attached hydrogen (secondary N) is 1. The highest BCUT2D eigenvalue weighted by atomic mass is 16.2. The Bertz CT molecular complexity index is 801. The van der Waals surface area contributed by atoms with Crippen LogP contribution in [0.5, 0.6) is 0 Å².